The van der Waals surface area contributed by atoms with Crippen LogP contribution in [0.15, 0.2) is 36.7 Å². The molecule has 1 aliphatic carbocycles. The fraction of sp³-hybridized carbons (Fsp3) is 0.412. The molecule has 1 fully saturated rings. The van der Waals surface area contributed by atoms with Crippen LogP contribution in [0.5, 0.6) is 0 Å². The number of aliphatic hydroxyl groups excluding tert-OH is 1. The molecule has 3 N–H and O–H groups in total. The molecule has 2 aromatic rings. The van der Waals surface area contributed by atoms with Crippen molar-refractivity contribution in [2.24, 2.45) is 13.0 Å². The molecular formula is C17H21FN4O2. The summed E-state index contributed by atoms with van der Waals surface area (Å²) in [6.45, 7) is 0.0956. The van der Waals surface area contributed by atoms with Gasteiger partial charge in [-0.25, -0.2) is 9.18 Å². The zero-order valence-electron chi connectivity index (χ0n) is 13.4. The summed E-state index contributed by atoms with van der Waals surface area (Å²) < 4.78 is 14.7. The lowest BCUT2D eigenvalue weighted by Gasteiger charge is -2.20. The number of aliphatic hydroxyl groups is 1. The second kappa shape index (κ2) is 7.00. The molecule has 1 aromatic heterocycles. The highest BCUT2D eigenvalue weighted by Gasteiger charge is 2.33. The lowest BCUT2D eigenvalue weighted by Crippen LogP contribution is -2.40. The zero-order chi connectivity index (χ0) is 17.1. The molecular weight excluding hydrogens is 311 g/mol. The van der Waals surface area contributed by atoms with Gasteiger partial charge >= 0.3 is 6.03 Å². The Morgan fingerprint density at radius 1 is 1.38 bits per heavy atom. The number of hydrogen-bond donors (Lipinski definition) is 3. The quantitative estimate of drug-likeness (QED) is 0.757. The number of carbonyl (C=O) groups is 1. The van der Waals surface area contributed by atoms with E-state index in [0.717, 1.165) is 18.4 Å². The van der Waals surface area contributed by atoms with E-state index in [9.17, 15) is 14.3 Å². The van der Waals surface area contributed by atoms with Crippen LogP contribution in [0.2, 0.25) is 0 Å². The number of aromatic nitrogens is 2. The van der Waals surface area contributed by atoms with Gasteiger partial charge in [0.25, 0.3) is 0 Å². The van der Waals surface area contributed by atoms with E-state index in [-0.39, 0.29) is 24.4 Å². The molecule has 0 aliphatic heterocycles. The van der Waals surface area contributed by atoms with Crippen molar-refractivity contribution in [3.8, 4) is 0 Å². The van der Waals surface area contributed by atoms with E-state index in [1.807, 2.05) is 0 Å². The monoisotopic (exact) mass is 332 g/mol. The fourth-order valence-electron chi connectivity index (χ4n) is 2.68. The summed E-state index contributed by atoms with van der Waals surface area (Å²) in [6, 6.07) is 5.71. The molecule has 0 spiro atoms. The Bertz CT molecular complexity index is 697. The van der Waals surface area contributed by atoms with E-state index < -0.39 is 6.10 Å². The van der Waals surface area contributed by atoms with Crippen LogP contribution in [0.25, 0.3) is 0 Å². The van der Waals surface area contributed by atoms with Crippen molar-refractivity contribution in [3.63, 3.8) is 0 Å². The molecule has 0 saturated heterocycles. The zero-order valence-corrected chi connectivity index (χ0v) is 13.4. The van der Waals surface area contributed by atoms with Crippen LogP contribution in [0.3, 0.4) is 0 Å². The van der Waals surface area contributed by atoms with Gasteiger partial charge in [-0.3, -0.25) is 4.68 Å². The number of nitrogens with one attached hydrogen (secondary N) is 2. The average Bonchev–Trinajstić information content (AvgIpc) is 3.32. The molecule has 0 unspecified atom stereocenters. The molecule has 2 amide bonds. The Morgan fingerprint density at radius 3 is 2.67 bits per heavy atom. The van der Waals surface area contributed by atoms with Crippen LogP contribution in [-0.2, 0) is 7.05 Å². The minimum absolute atomic E-state index is 0.0956. The van der Waals surface area contributed by atoms with Gasteiger partial charge in [0.15, 0.2) is 0 Å². The summed E-state index contributed by atoms with van der Waals surface area (Å²) in [5.41, 5.74) is 1.54. The van der Waals surface area contributed by atoms with E-state index in [2.05, 4.69) is 15.7 Å². The predicted octanol–water partition coefficient (Wildman–Crippen LogP) is 2.04. The van der Waals surface area contributed by atoms with Gasteiger partial charge < -0.3 is 15.7 Å². The number of aryl methyl sites for hydroxylation is 1. The maximum absolute atomic E-state index is 13.1. The summed E-state index contributed by atoms with van der Waals surface area (Å²) in [6.07, 6.45) is 4.54. The first-order valence-electron chi connectivity index (χ1n) is 7.99. The minimum atomic E-state index is -0.811. The molecule has 1 heterocycles. The van der Waals surface area contributed by atoms with E-state index in [4.69, 9.17) is 0 Å². The van der Waals surface area contributed by atoms with Crippen LogP contribution in [-0.4, -0.2) is 27.5 Å². The van der Waals surface area contributed by atoms with Crippen LogP contribution < -0.4 is 10.6 Å². The molecule has 1 aliphatic rings. The molecule has 128 valence electrons. The topological polar surface area (TPSA) is 79.2 Å². The third kappa shape index (κ3) is 4.11. The summed E-state index contributed by atoms with van der Waals surface area (Å²) in [5.74, 6) is 0.0850. The molecule has 24 heavy (non-hydrogen) atoms. The SMILES string of the molecule is Cn1cc([C@@H](O)CNC(=O)N[C@H](c2ccc(F)cc2)C2CC2)cn1. The highest BCUT2D eigenvalue weighted by molar-refractivity contribution is 5.74. The number of urea groups is 1. The Hall–Kier alpha value is -2.41. The van der Waals surface area contributed by atoms with Crippen molar-refractivity contribution in [2.45, 2.75) is 25.0 Å². The lowest BCUT2D eigenvalue weighted by molar-refractivity contribution is 0.172. The molecule has 1 saturated carbocycles. The molecule has 2 atom stereocenters. The smallest absolute Gasteiger partial charge is 0.315 e. The van der Waals surface area contributed by atoms with Crippen LogP contribution in [0, 0.1) is 11.7 Å². The van der Waals surface area contributed by atoms with Crippen molar-refractivity contribution in [2.75, 3.05) is 6.54 Å². The standard InChI is InChI=1S/C17H21FN4O2/c1-22-10-13(8-20-22)15(23)9-19-17(24)21-16(11-2-3-11)12-4-6-14(18)7-5-12/h4-8,10-11,15-16,23H,2-3,9H2,1H3,(H2,19,21,24)/t15-,16-/m0/s1. The Kier molecular flexibility index (Phi) is 4.80. The van der Waals surface area contributed by atoms with Crippen molar-refractivity contribution < 1.29 is 14.3 Å². The second-order valence-corrected chi connectivity index (χ2v) is 6.18. The maximum atomic E-state index is 13.1. The highest BCUT2D eigenvalue weighted by atomic mass is 19.1. The number of hydrogen-bond acceptors (Lipinski definition) is 3. The first kappa shape index (κ1) is 16.4. The molecule has 1 aromatic carbocycles. The van der Waals surface area contributed by atoms with E-state index in [1.165, 1.54) is 12.1 Å². The Morgan fingerprint density at radius 2 is 2.08 bits per heavy atom. The van der Waals surface area contributed by atoms with Crippen LogP contribution >= 0.6 is 0 Å². The van der Waals surface area contributed by atoms with Gasteiger partial charge in [-0.15, -0.1) is 0 Å². The number of halogens is 1. The van der Waals surface area contributed by atoms with E-state index >= 15 is 0 Å². The second-order valence-electron chi connectivity index (χ2n) is 6.18. The summed E-state index contributed by atoms with van der Waals surface area (Å²) in [4.78, 5) is 12.1. The first-order valence-corrected chi connectivity index (χ1v) is 7.99. The van der Waals surface area contributed by atoms with Crippen molar-refractivity contribution in [1.29, 1.82) is 0 Å². The molecule has 6 nitrogen and oxygen atoms in total. The fourth-order valence-corrected chi connectivity index (χ4v) is 2.68. The molecule has 0 bridgehead atoms. The maximum Gasteiger partial charge on any atom is 0.315 e. The highest BCUT2D eigenvalue weighted by Crippen LogP contribution is 2.40. The largest absolute Gasteiger partial charge is 0.386 e. The van der Waals surface area contributed by atoms with Gasteiger partial charge in [0.05, 0.1) is 18.3 Å². The number of amides is 2. The number of rotatable bonds is 6. The summed E-state index contributed by atoms with van der Waals surface area (Å²) >= 11 is 0. The van der Waals surface area contributed by atoms with Crippen molar-refractivity contribution in [1.82, 2.24) is 20.4 Å². The van der Waals surface area contributed by atoms with Gasteiger partial charge in [-0.05, 0) is 36.5 Å². The summed E-state index contributed by atoms with van der Waals surface area (Å²) in [5, 5.41) is 19.6. The van der Waals surface area contributed by atoms with Gasteiger partial charge in [0, 0.05) is 25.4 Å². The first-order chi connectivity index (χ1) is 11.5. The van der Waals surface area contributed by atoms with Crippen LogP contribution in [0.4, 0.5) is 9.18 Å². The Balaban J connectivity index is 1.55. The number of carbonyl (C=O) groups excluding carboxylic acids is 1. The van der Waals surface area contributed by atoms with Crippen molar-refractivity contribution >= 4 is 6.03 Å². The molecule has 7 heteroatoms. The van der Waals surface area contributed by atoms with Gasteiger partial charge in [0.2, 0.25) is 0 Å². The number of benzene rings is 1. The lowest BCUT2D eigenvalue weighted by atomic mass is 10.0. The van der Waals surface area contributed by atoms with Crippen LogP contribution in [0.1, 0.15) is 36.1 Å². The normalized spacial score (nSPS) is 16.5. The van der Waals surface area contributed by atoms with Crippen molar-refractivity contribution in [3.05, 3.63) is 53.6 Å². The van der Waals surface area contributed by atoms with E-state index in [1.54, 1.807) is 36.3 Å². The predicted molar refractivity (Wildman–Crippen MR) is 86.6 cm³/mol. The number of nitrogens with zero attached hydrogens (tertiary/aromatic N) is 2. The minimum Gasteiger partial charge on any atom is -0.386 e. The average molecular weight is 332 g/mol. The van der Waals surface area contributed by atoms with E-state index in [0.29, 0.717) is 11.5 Å². The molecule has 3 rings (SSSR count). The summed E-state index contributed by atoms with van der Waals surface area (Å²) in [7, 11) is 1.76. The third-order valence-electron chi connectivity index (χ3n) is 4.17. The third-order valence-corrected chi connectivity index (χ3v) is 4.17. The van der Waals surface area contributed by atoms with Gasteiger partial charge in [-0.2, -0.15) is 5.10 Å². The Labute approximate surface area is 139 Å². The van der Waals surface area contributed by atoms with Gasteiger partial charge in [-0.1, -0.05) is 12.1 Å². The van der Waals surface area contributed by atoms with Gasteiger partial charge in [0.1, 0.15) is 5.82 Å². The molecule has 0 radical (unpaired) electrons.